The summed E-state index contributed by atoms with van der Waals surface area (Å²) in [5, 5.41) is 22.2. The zero-order valence-corrected chi connectivity index (χ0v) is 12.0. The fourth-order valence-electron chi connectivity index (χ4n) is 2.49. The van der Waals surface area contributed by atoms with Crippen molar-refractivity contribution in [1.82, 2.24) is 0 Å². The van der Waals surface area contributed by atoms with Crippen LogP contribution in [-0.2, 0) is 4.74 Å². The summed E-state index contributed by atoms with van der Waals surface area (Å²) in [6, 6.07) is 1.93. The predicted molar refractivity (Wildman–Crippen MR) is 77.2 cm³/mol. The average Bonchev–Trinajstić information content (AvgIpc) is 2.99. The largest absolute Gasteiger partial charge is 0.462 e. The molecule has 0 radical (unpaired) electrons. The number of hydrogen-bond acceptors (Lipinski definition) is 7. The third-order valence-corrected chi connectivity index (χ3v) is 3.40. The minimum atomic E-state index is -0.795. The van der Waals surface area contributed by atoms with Crippen LogP contribution in [0.4, 0.5) is 17.1 Å². The van der Waals surface area contributed by atoms with E-state index in [1.54, 1.807) is 11.8 Å². The monoisotopic (exact) mass is 309 g/mol. The Labute approximate surface area is 125 Å². The van der Waals surface area contributed by atoms with E-state index in [-0.39, 0.29) is 17.9 Å². The first-order valence-corrected chi connectivity index (χ1v) is 6.84. The van der Waals surface area contributed by atoms with Crippen molar-refractivity contribution in [3.05, 3.63) is 37.9 Å². The molecular weight excluding hydrogens is 294 g/mol. The quantitative estimate of drug-likeness (QED) is 0.465. The molecule has 22 heavy (non-hydrogen) atoms. The number of nitro groups is 2. The summed E-state index contributed by atoms with van der Waals surface area (Å²) in [4.78, 5) is 34.6. The van der Waals surface area contributed by atoms with E-state index >= 15 is 0 Å². The van der Waals surface area contributed by atoms with Crippen LogP contribution in [0.2, 0.25) is 0 Å². The van der Waals surface area contributed by atoms with Gasteiger partial charge in [-0.05, 0) is 19.8 Å². The smallest absolute Gasteiger partial charge is 0.340 e. The zero-order valence-electron chi connectivity index (χ0n) is 12.0. The molecule has 1 aromatic rings. The second-order valence-corrected chi connectivity index (χ2v) is 4.79. The van der Waals surface area contributed by atoms with E-state index in [1.165, 1.54) is 0 Å². The van der Waals surface area contributed by atoms with Gasteiger partial charge in [-0.3, -0.25) is 20.2 Å². The van der Waals surface area contributed by atoms with E-state index in [2.05, 4.69) is 0 Å². The summed E-state index contributed by atoms with van der Waals surface area (Å²) in [7, 11) is 0. The number of anilines is 1. The second-order valence-electron chi connectivity index (χ2n) is 4.79. The van der Waals surface area contributed by atoms with E-state index in [4.69, 9.17) is 4.74 Å². The highest BCUT2D eigenvalue weighted by Gasteiger charge is 2.32. The van der Waals surface area contributed by atoms with Gasteiger partial charge in [-0.2, -0.15) is 0 Å². The van der Waals surface area contributed by atoms with Gasteiger partial charge in [0.15, 0.2) is 0 Å². The summed E-state index contributed by atoms with van der Waals surface area (Å²) in [5.74, 6) is -0.795. The molecule has 0 saturated carbocycles. The first-order valence-electron chi connectivity index (χ1n) is 6.84. The van der Waals surface area contributed by atoms with Gasteiger partial charge in [0.05, 0.1) is 28.1 Å². The summed E-state index contributed by atoms with van der Waals surface area (Å²) < 4.78 is 4.89. The summed E-state index contributed by atoms with van der Waals surface area (Å²) in [6.07, 6.45) is 1.69. The van der Waals surface area contributed by atoms with E-state index in [9.17, 15) is 25.0 Å². The van der Waals surface area contributed by atoms with Crippen LogP contribution in [0.25, 0.3) is 0 Å². The van der Waals surface area contributed by atoms with E-state index in [1.807, 2.05) is 0 Å². The molecule has 1 aliphatic heterocycles. The van der Waals surface area contributed by atoms with Crippen LogP contribution < -0.4 is 4.90 Å². The average molecular weight is 309 g/mol. The molecule has 0 atom stereocenters. The Morgan fingerprint density at radius 1 is 1.23 bits per heavy atom. The minimum absolute atomic E-state index is 0.0781. The molecule has 1 aliphatic rings. The summed E-state index contributed by atoms with van der Waals surface area (Å²) in [5.41, 5.74) is -0.979. The van der Waals surface area contributed by atoms with Crippen molar-refractivity contribution >= 4 is 23.0 Å². The van der Waals surface area contributed by atoms with E-state index in [0.29, 0.717) is 13.1 Å². The van der Waals surface area contributed by atoms with Crippen LogP contribution in [0, 0.1) is 20.2 Å². The Morgan fingerprint density at radius 3 is 2.36 bits per heavy atom. The number of nitro benzene ring substituents is 2. The summed E-state index contributed by atoms with van der Waals surface area (Å²) >= 11 is 0. The Hall–Kier alpha value is -2.71. The first-order chi connectivity index (χ1) is 10.5. The second kappa shape index (κ2) is 6.37. The van der Waals surface area contributed by atoms with Gasteiger partial charge in [0.2, 0.25) is 0 Å². The van der Waals surface area contributed by atoms with Gasteiger partial charge >= 0.3 is 5.97 Å². The molecular formula is C13H15N3O6. The van der Waals surface area contributed by atoms with Crippen LogP contribution >= 0.6 is 0 Å². The Bertz CT molecular complexity index is 624. The molecule has 1 heterocycles. The van der Waals surface area contributed by atoms with Crippen molar-refractivity contribution in [1.29, 1.82) is 0 Å². The molecule has 0 bridgehead atoms. The molecule has 9 heteroatoms. The standard InChI is InChI=1S/C13H15N3O6/c1-2-22-13(17)10-7-9(15(18)19)8-11(16(20)21)12(10)14-5-3-4-6-14/h7-8H,2-6H2,1H3. The van der Waals surface area contributed by atoms with E-state index in [0.717, 1.165) is 25.0 Å². The molecule has 0 unspecified atom stereocenters. The number of ether oxygens (including phenoxy) is 1. The van der Waals surface area contributed by atoms with Crippen LogP contribution in [0.5, 0.6) is 0 Å². The molecule has 1 fully saturated rings. The van der Waals surface area contributed by atoms with Crippen LogP contribution in [0.15, 0.2) is 12.1 Å². The van der Waals surface area contributed by atoms with Gasteiger partial charge in [0.1, 0.15) is 5.69 Å². The van der Waals surface area contributed by atoms with Crippen molar-refractivity contribution in [2.45, 2.75) is 19.8 Å². The first kappa shape index (κ1) is 15.7. The van der Waals surface area contributed by atoms with Crippen molar-refractivity contribution in [2.24, 2.45) is 0 Å². The van der Waals surface area contributed by atoms with Gasteiger partial charge in [-0.25, -0.2) is 4.79 Å². The SMILES string of the molecule is CCOC(=O)c1cc([N+](=O)[O-])cc([N+](=O)[O-])c1N1CCCC1. The van der Waals surface area contributed by atoms with Gasteiger partial charge in [0.25, 0.3) is 11.4 Å². The van der Waals surface area contributed by atoms with E-state index < -0.39 is 27.2 Å². The van der Waals surface area contributed by atoms with Crippen molar-refractivity contribution < 1.29 is 19.4 Å². The maximum atomic E-state index is 12.1. The lowest BCUT2D eigenvalue weighted by Gasteiger charge is -2.20. The maximum absolute atomic E-state index is 12.1. The number of carbonyl (C=O) groups is 1. The Morgan fingerprint density at radius 2 is 1.86 bits per heavy atom. The predicted octanol–water partition coefficient (Wildman–Crippen LogP) is 2.28. The van der Waals surface area contributed by atoms with Crippen molar-refractivity contribution in [3.63, 3.8) is 0 Å². The number of carbonyl (C=O) groups excluding carboxylic acids is 1. The van der Waals surface area contributed by atoms with Crippen molar-refractivity contribution in [3.8, 4) is 0 Å². The molecule has 1 saturated heterocycles. The molecule has 0 N–H and O–H groups in total. The van der Waals surface area contributed by atoms with Crippen LogP contribution in [0.3, 0.4) is 0 Å². The number of benzene rings is 1. The molecule has 0 spiro atoms. The molecule has 0 amide bonds. The van der Waals surface area contributed by atoms with Crippen LogP contribution in [0.1, 0.15) is 30.1 Å². The minimum Gasteiger partial charge on any atom is -0.462 e. The lowest BCUT2D eigenvalue weighted by molar-refractivity contribution is -0.393. The number of nitrogens with zero attached hydrogens (tertiary/aromatic N) is 3. The molecule has 9 nitrogen and oxygen atoms in total. The highest BCUT2D eigenvalue weighted by Crippen LogP contribution is 2.38. The topological polar surface area (TPSA) is 116 Å². The molecule has 0 aromatic heterocycles. The number of hydrogen-bond donors (Lipinski definition) is 0. The third kappa shape index (κ3) is 2.97. The highest BCUT2D eigenvalue weighted by molar-refractivity contribution is 5.99. The lowest BCUT2D eigenvalue weighted by Crippen LogP contribution is -2.23. The Kier molecular flexibility index (Phi) is 4.54. The summed E-state index contributed by atoms with van der Waals surface area (Å²) in [6.45, 7) is 2.80. The van der Waals surface area contributed by atoms with Gasteiger partial charge < -0.3 is 9.64 Å². The fourth-order valence-corrected chi connectivity index (χ4v) is 2.49. The van der Waals surface area contributed by atoms with Gasteiger partial charge in [-0.1, -0.05) is 0 Å². The molecule has 2 rings (SSSR count). The van der Waals surface area contributed by atoms with Gasteiger partial charge in [-0.15, -0.1) is 0 Å². The molecule has 0 aliphatic carbocycles. The zero-order chi connectivity index (χ0) is 16.3. The fraction of sp³-hybridized carbons (Fsp3) is 0.462. The highest BCUT2D eigenvalue weighted by atomic mass is 16.6. The lowest BCUT2D eigenvalue weighted by atomic mass is 10.1. The van der Waals surface area contributed by atoms with Crippen molar-refractivity contribution in [2.75, 3.05) is 24.6 Å². The molecule has 1 aromatic carbocycles. The molecule has 118 valence electrons. The van der Waals surface area contributed by atoms with Crippen LogP contribution in [-0.4, -0.2) is 35.5 Å². The van der Waals surface area contributed by atoms with Gasteiger partial charge in [0, 0.05) is 19.2 Å². The number of esters is 1. The third-order valence-electron chi connectivity index (χ3n) is 3.40. The normalized spacial score (nSPS) is 14.0. The Balaban J connectivity index is 2.66. The maximum Gasteiger partial charge on any atom is 0.340 e. The number of non-ortho nitro benzene ring substituents is 1. The number of rotatable bonds is 5.